The van der Waals surface area contributed by atoms with Crippen LogP contribution in [-0.4, -0.2) is 32.2 Å². The number of hydrazine groups is 1. The molecule has 0 bridgehead atoms. The van der Waals surface area contributed by atoms with Crippen molar-refractivity contribution < 1.29 is 13.2 Å². The Balaban J connectivity index is 2.27. The minimum Gasteiger partial charge on any atom is -0.379 e. The number of nitrogens with two attached hydrogens (primary N) is 1. The lowest BCUT2D eigenvalue weighted by molar-refractivity contribution is 0.178. The van der Waals surface area contributed by atoms with Gasteiger partial charge in [0.15, 0.2) is 5.82 Å². The predicted octanol–water partition coefficient (Wildman–Crippen LogP) is 0.478. The van der Waals surface area contributed by atoms with Crippen LogP contribution in [0.3, 0.4) is 0 Å². The highest BCUT2D eigenvalue weighted by atomic mass is 35.5. The summed E-state index contributed by atoms with van der Waals surface area (Å²) in [4.78, 5) is 3.83. The van der Waals surface area contributed by atoms with E-state index >= 15 is 0 Å². The van der Waals surface area contributed by atoms with Crippen molar-refractivity contribution in [2.24, 2.45) is 5.84 Å². The van der Waals surface area contributed by atoms with Crippen LogP contribution in [-0.2, 0) is 14.8 Å². The Hall–Kier alpha value is -0.930. The van der Waals surface area contributed by atoms with Gasteiger partial charge in [-0.3, -0.25) is 0 Å². The quantitative estimate of drug-likeness (QED) is 0.552. The summed E-state index contributed by atoms with van der Waals surface area (Å²) in [5.74, 6) is 5.40. The summed E-state index contributed by atoms with van der Waals surface area (Å²) < 4.78 is 32.3. The minimum atomic E-state index is -3.70. The van der Waals surface area contributed by atoms with Gasteiger partial charge >= 0.3 is 0 Å². The van der Waals surface area contributed by atoms with Crippen molar-refractivity contribution in [3.8, 4) is 0 Å². The van der Waals surface area contributed by atoms with Crippen LogP contribution >= 0.6 is 11.6 Å². The lowest BCUT2D eigenvalue weighted by Gasteiger charge is -2.23. The Labute approximate surface area is 116 Å². The van der Waals surface area contributed by atoms with Crippen LogP contribution in [0.25, 0.3) is 0 Å². The van der Waals surface area contributed by atoms with Gasteiger partial charge in [0.05, 0.1) is 17.2 Å². The second kappa shape index (κ2) is 5.22. The zero-order chi connectivity index (χ0) is 14.1. The number of nitrogen functional groups attached to an aromatic ring is 1. The Bertz CT molecular complexity index is 572. The third kappa shape index (κ3) is 3.15. The van der Waals surface area contributed by atoms with Crippen molar-refractivity contribution >= 4 is 27.4 Å². The summed E-state index contributed by atoms with van der Waals surface area (Å²) in [6, 6.07) is 1.30. The molecular weight excluding hydrogens is 292 g/mol. The van der Waals surface area contributed by atoms with Crippen molar-refractivity contribution in [2.75, 3.05) is 18.6 Å². The highest BCUT2D eigenvalue weighted by Crippen LogP contribution is 2.24. The van der Waals surface area contributed by atoms with Gasteiger partial charge in [0.1, 0.15) is 4.90 Å². The van der Waals surface area contributed by atoms with Gasteiger partial charge < -0.3 is 10.2 Å². The number of ether oxygens (including phenoxy) is 1. The van der Waals surface area contributed by atoms with Crippen molar-refractivity contribution in [1.29, 1.82) is 0 Å². The molecule has 1 atom stereocenters. The summed E-state index contributed by atoms with van der Waals surface area (Å²) in [6.07, 6.45) is 1.82. The van der Waals surface area contributed by atoms with Crippen LogP contribution in [0.15, 0.2) is 17.2 Å². The molecule has 2 heterocycles. The molecule has 1 saturated heterocycles. The number of nitrogens with zero attached hydrogens (tertiary/aromatic N) is 1. The molecule has 9 heteroatoms. The van der Waals surface area contributed by atoms with E-state index < -0.39 is 15.6 Å². The predicted molar refractivity (Wildman–Crippen MR) is 71.2 cm³/mol. The summed E-state index contributed by atoms with van der Waals surface area (Å²) in [5, 5.41) is 0.137. The van der Waals surface area contributed by atoms with E-state index in [1.165, 1.54) is 12.3 Å². The molecular formula is C10H15ClN4O3S. The number of hydrogen-bond donors (Lipinski definition) is 3. The molecule has 1 aliphatic rings. The molecule has 1 aliphatic heterocycles. The number of hydrogen-bond acceptors (Lipinski definition) is 6. The lowest BCUT2D eigenvalue weighted by Crippen LogP contribution is -2.46. The SMILES string of the molecule is CC1(NS(=O)(=O)c2cnc(NN)c(Cl)c2)CCOC1. The van der Waals surface area contributed by atoms with Gasteiger partial charge in [0.25, 0.3) is 0 Å². The lowest BCUT2D eigenvalue weighted by atomic mass is 10.0. The molecule has 19 heavy (non-hydrogen) atoms. The average molecular weight is 307 g/mol. The van der Waals surface area contributed by atoms with Crippen molar-refractivity contribution in [2.45, 2.75) is 23.8 Å². The normalized spacial score (nSPS) is 23.5. The van der Waals surface area contributed by atoms with Crippen molar-refractivity contribution in [3.05, 3.63) is 17.3 Å². The number of halogens is 1. The maximum atomic E-state index is 12.2. The molecule has 0 aliphatic carbocycles. The van der Waals surface area contributed by atoms with Gasteiger partial charge in [-0.2, -0.15) is 0 Å². The number of rotatable bonds is 4. The first-order chi connectivity index (χ1) is 8.86. The molecule has 1 aromatic rings. The molecule has 0 amide bonds. The molecule has 106 valence electrons. The molecule has 1 unspecified atom stereocenters. The standard InChI is InChI=1S/C10H15ClN4O3S/c1-10(2-3-18-6-10)15-19(16,17)7-4-8(11)9(14-12)13-5-7/h4-5,15H,2-3,6,12H2,1H3,(H,13,14). The highest BCUT2D eigenvalue weighted by Gasteiger charge is 2.34. The first-order valence-corrected chi connectivity index (χ1v) is 7.46. The Morgan fingerprint density at radius 3 is 2.84 bits per heavy atom. The van der Waals surface area contributed by atoms with E-state index in [-0.39, 0.29) is 15.7 Å². The summed E-state index contributed by atoms with van der Waals surface area (Å²) in [6.45, 7) is 2.67. The molecule has 0 saturated carbocycles. The molecule has 0 aromatic carbocycles. The maximum absolute atomic E-state index is 12.2. The number of pyridine rings is 1. The maximum Gasteiger partial charge on any atom is 0.242 e. The van der Waals surface area contributed by atoms with Crippen LogP contribution in [0.2, 0.25) is 5.02 Å². The third-order valence-electron chi connectivity index (χ3n) is 2.86. The zero-order valence-electron chi connectivity index (χ0n) is 10.3. The van der Waals surface area contributed by atoms with Gasteiger partial charge in [-0.15, -0.1) is 0 Å². The summed E-state index contributed by atoms with van der Waals surface area (Å²) >= 11 is 5.86. The first kappa shape index (κ1) is 14.5. The third-order valence-corrected chi connectivity index (χ3v) is 4.76. The van der Waals surface area contributed by atoms with Gasteiger partial charge in [-0.25, -0.2) is 24.0 Å². The van der Waals surface area contributed by atoms with E-state index in [1.54, 1.807) is 6.92 Å². The Morgan fingerprint density at radius 2 is 2.32 bits per heavy atom. The Morgan fingerprint density at radius 1 is 1.58 bits per heavy atom. The second-order valence-corrected chi connectivity index (χ2v) is 6.70. The van der Waals surface area contributed by atoms with Crippen LogP contribution in [0.4, 0.5) is 5.82 Å². The van der Waals surface area contributed by atoms with E-state index in [0.717, 1.165) is 0 Å². The second-order valence-electron chi connectivity index (χ2n) is 4.61. The van der Waals surface area contributed by atoms with Crippen LogP contribution in [0.5, 0.6) is 0 Å². The molecule has 0 radical (unpaired) electrons. The number of anilines is 1. The monoisotopic (exact) mass is 306 g/mol. The van der Waals surface area contributed by atoms with Gasteiger partial charge in [-0.05, 0) is 19.4 Å². The minimum absolute atomic E-state index is 0.00961. The largest absolute Gasteiger partial charge is 0.379 e. The van der Waals surface area contributed by atoms with Gasteiger partial charge in [0.2, 0.25) is 10.0 Å². The fourth-order valence-electron chi connectivity index (χ4n) is 1.80. The Kier molecular flexibility index (Phi) is 3.98. The van der Waals surface area contributed by atoms with E-state index in [1.807, 2.05) is 0 Å². The number of aromatic nitrogens is 1. The van der Waals surface area contributed by atoms with E-state index in [0.29, 0.717) is 19.6 Å². The number of nitrogens with one attached hydrogen (secondary N) is 2. The smallest absolute Gasteiger partial charge is 0.242 e. The molecule has 1 fully saturated rings. The van der Waals surface area contributed by atoms with Crippen molar-refractivity contribution in [3.63, 3.8) is 0 Å². The fourth-order valence-corrected chi connectivity index (χ4v) is 3.48. The summed E-state index contributed by atoms with van der Waals surface area (Å²) in [5.41, 5.74) is 1.68. The molecule has 0 spiro atoms. The van der Waals surface area contributed by atoms with Gasteiger partial charge in [0, 0.05) is 12.8 Å². The zero-order valence-corrected chi connectivity index (χ0v) is 11.9. The highest BCUT2D eigenvalue weighted by molar-refractivity contribution is 7.89. The van der Waals surface area contributed by atoms with E-state index in [2.05, 4.69) is 15.1 Å². The first-order valence-electron chi connectivity index (χ1n) is 5.60. The average Bonchev–Trinajstić information content (AvgIpc) is 2.74. The van der Waals surface area contributed by atoms with Crippen LogP contribution < -0.4 is 16.0 Å². The van der Waals surface area contributed by atoms with E-state index in [4.69, 9.17) is 22.2 Å². The topological polar surface area (TPSA) is 106 Å². The fraction of sp³-hybridized carbons (Fsp3) is 0.500. The van der Waals surface area contributed by atoms with Crippen LogP contribution in [0, 0.1) is 0 Å². The molecule has 2 rings (SSSR count). The molecule has 7 nitrogen and oxygen atoms in total. The van der Waals surface area contributed by atoms with Gasteiger partial charge in [-0.1, -0.05) is 11.6 Å². The molecule has 1 aromatic heterocycles. The van der Waals surface area contributed by atoms with E-state index in [9.17, 15) is 8.42 Å². The summed E-state index contributed by atoms with van der Waals surface area (Å²) in [7, 11) is -3.70. The number of sulfonamides is 1. The van der Waals surface area contributed by atoms with Crippen LogP contribution in [0.1, 0.15) is 13.3 Å². The van der Waals surface area contributed by atoms with Crippen molar-refractivity contribution in [1.82, 2.24) is 9.71 Å². The molecule has 4 N–H and O–H groups in total.